The van der Waals surface area contributed by atoms with Gasteiger partial charge in [-0.05, 0) is 36.5 Å². The first kappa shape index (κ1) is 23.1. The van der Waals surface area contributed by atoms with E-state index in [4.69, 9.17) is 14.4 Å². The van der Waals surface area contributed by atoms with Crippen LogP contribution < -0.4 is 0 Å². The second-order valence-electron chi connectivity index (χ2n) is 6.30. The Bertz CT molecular complexity index is 148. The van der Waals surface area contributed by atoms with Crippen LogP contribution in [-0.2, 0) is 4.57 Å². The summed E-state index contributed by atoms with van der Waals surface area (Å²) in [7, 11) is -2.87. The molecule has 2 N–H and O–H groups in total. The molecule has 4 heteroatoms. The van der Waals surface area contributed by atoms with Crippen molar-refractivity contribution in [1.29, 1.82) is 0 Å². The van der Waals surface area contributed by atoms with Crippen LogP contribution in [-0.4, -0.2) is 9.79 Å². The first-order chi connectivity index (χ1) is 7.98. The van der Waals surface area contributed by atoms with Crippen LogP contribution in [0.5, 0.6) is 0 Å². The van der Waals surface area contributed by atoms with Gasteiger partial charge in [0.05, 0.1) is 0 Å². The van der Waals surface area contributed by atoms with Crippen LogP contribution in [0.1, 0.15) is 68.2 Å². The second kappa shape index (κ2) is 15.1. The summed E-state index contributed by atoms with van der Waals surface area (Å²) in [5.74, 6) is 3.50. The summed E-state index contributed by atoms with van der Waals surface area (Å²) in [6.07, 6.45) is 2.72. The molecule has 3 nitrogen and oxygen atoms in total. The molecule has 0 radical (unpaired) electrons. The first-order valence-electron chi connectivity index (χ1n) is 6.83. The van der Waals surface area contributed by atoms with Crippen molar-refractivity contribution < 1.29 is 14.4 Å². The van der Waals surface area contributed by atoms with Gasteiger partial charge in [0.2, 0.25) is 0 Å². The van der Waals surface area contributed by atoms with E-state index in [1.54, 1.807) is 0 Å². The Balaban J connectivity index is -0.000000196. The Labute approximate surface area is 115 Å². The average molecular weight is 281 g/mol. The monoisotopic (exact) mass is 281 g/mol. The summed E-state index contributed by atoms with van der Waals surface area (Å²) in [5.41, 5.74) is 0. The van der Waals surface area contributed by atoms with Crippen molar-refractivity contribution in [3.63, 3.8) is 0 Å². The van der Waals surface area contributed by atoms with Crippen LogP contribution in [0.15, 0.2) is 0 Å². The molecule has 0 saturated heterocycles. The molecule has 0 aromatic rings. The Kier molecular flexibility index (Phi) is 19.4. The lowest BCUT2D eigenvalue weighted by Crippen LogP contribution is -1.93. The quantitative estimate of drug-likeness (QED) is 0.712. The third-order valence-electron chi connectivity index (χ3n) is 1.89. The van der Waals surface area contributed by atoms with E-state index >= 15 is 0 Å². The zero-order chi connectivity index (χ0) is 15.3. The summed E-state index contributed by atoms with van der Waals surface area (Å²) in [5, 5.41) is 0. The third-order valence-corrected chi connectivity index (χ3v) is 1.89. The van der Waals surface area contributed by atoms with Crippen LogP contribution in [0.3, 0.4) is 0 Å². The van der Waals surface area contributed by atoms with E-state index in [1.165, 1.54) is 12.8 Å². The molecule has 0 amide bonds. The van der Waals surface area contributed by atoms with Crippen molar-refractivity contribution in [1.82, 2.24) is 0 Å². The molecule has 0 spiro atoms. The van der Waals surface area contributed by atoms with Crippen molar-refractivity contribution in [2.45, 2.75) is 68.2 Å². The van der Waals surface area contributed by atoms with Gasteiger partial charge in [0.25, 0.3) is 0 Å². The van der Waals surface area contributed by atoms with Crippen molar-refractivity contribution >= 4 is 8.25 Å². The van der Waals surface area contributed by atoms with Crippen LogP contribution >= 0.6 is 8.25 Å². The first-order valence-corrected chi connectivity index (χ1v) is 8.00. The van der Waals surface area contributed by atoms with Crippen LogP contribution in [0.2, 0.25) is 0 Å². The van der Waals surface area contributed by atoms with Gasteiger partial charge in [0.1, 0.15) is 0 Å². The zero-order valence-electron chi connectivity index (χ0n) is 13.5. The van der Waals surface area contributed by atoms with Crippen LogP contribution in [0, 0.1) is 23.7 Å². The fourth-order valence-corrected chi connectivity index (χ4v) is 1.89. The lowest BCUT2D eigenvalue weighted by atomic mass is 10.0. The zero-order valence-corrected chi connectivity index (χ0v) is 14.4. The van der Waals surface area contributed by atoms with E-state index in [2.05, 4.69) is 55.4 Å². The molecule has 0 aliphatic rings. The molecule has 0 aromatic carbocycles. The molecule has 0 unspecified atom stereocenters. The minimum Gasteiger partial charge on any atom is -0.134 e. The molecule has 0 atom stereocenters. The summed E-state index contributed by atoms with van der Waals surface area (Å²) < 4.78 is 8.70. The van der Waals surface area contributed by atoms with Gasteiger partial charge in [0.15, 0.2) is 0 Å². The van der Waals surface area contributed by atoms with Crippen molar-refractivity contribution in [2.24, 2.45) is 23.7 Å². The standard InChI is InChI=1S/2C7H16.HO3P/c2*1-6(2)5-7(3)4;1-4(2)3/h2*6-7H,5H2,1-4H3;(H-,1,2,3)/p+1. The highest BCUT2D eigenvalue weighted by Crippen LogP contribution is 2.08. The van der Waals surface area contributed by atoms with E-state index in [1.807, 2.05) is 0 Å². The Morgan fingerprint density at radius 2 is 0.778 bits per heavy atom. The number of rotatable bonds is 4. The maximum absolute atomic E-state index is 8.70. The Hall–Kier alpha value is 0.0200. The predicted octanol–water partition coefficient (Wildman–Crippen LogP) is 5.01. The van der Waals surface area contributed by atoms with E-state index in [0.29, 0.717) is 0 Å². The molecule has 112 valence electrons. The fourth-order valence-electron chi connectivity index (χ4n) is 1.89. The highest BCUT2D eigenvalue weighted by Gasteiger charge is 1.96. The Morgan fingerprint density at radius 3 is 0.778 bits per heavy atom. The normalized spacial score (nSPS) is 10.1. The predicted molar refractivity (Wildman–Crippen MR) is 80.6 cm³/mol. The summed E-state index contributed by atoms with van der Waals surface area (Å²) in [4.78, 5) is 14.2. The van der Waals surface area contributed by atoms with E-state index in [-0.39, 0.29) is 0 Å². The van der Waals surface area contributed by atoms with E-state index in [0.717, 1.165) is 23.7 Å². The molecule has 18 heavy (non-hydrogen) atoms. The molecule has 0 fully saturated rings. The van der Waals surface area contributed by atoms with Gasteiger partial charge in [-0.2, -0.15) is 0 Å². The number of hydrogen-bond acceptors (Lipinski definition) is 1. The van der Waals surface area contributed by atoms with Gasteiger partial charge in [0, 0.05) is 4.57 Å². The number of hydrogen-bond donors (Lipinski definition) is 2. The second-order valence-corrected chi connectivity index (χ2v) is 6.81. The maximum Gasteiger partial charge on any atom is 0.692 e. The maximum atomic E-state index is 8.70. The summed E-state index contributed by atoms with van der Waals surface area (Å²) in [6, 6.07) is 0. The van der Waals surface area contributed by atoms with E-state index in [9.17, 15) is 0 Å². The smallest absolute Gasteiger partial charge is 0.134 e. The molecular weight excluding hydrogens is 247 g/mol. The topological polar surface area (TPSA) is 57.5 Å². The van der Waals surface area contributed by atoms with Gasteiger partial charge in [-0.15, -0.1) is 9.79 Å². The van der Waals surface area contributed by atoms with Gasteiger partial charge < -0.3 is 0 Å². The molecular formula is C14H34O3P+. The third kappa shape index (κ3) is 56.2. The van der Waals surface area contributed by atoms with Gasteiger partial charge in [-0.25, -0.2) is 0 Å². The van der Waals surface area contributed by atoms with Gasteiger partial charge >= 0.3 is 8.25 Å². The molecule has 0 saturated carbocycles. The highest BCUT2D eigenvalue weighted by molar-refractivity contribution is 7.30. The minimum absolute atomic E-state index is 0.875. The Morgan fingerprint density at radius 1 is 0.667 bits per heavy atom. The molecule has 0 bridgehead atoms. The molecule has 0 aliphatic heterocycles. The van der Waals surface area contributed by atoms with Crippen LogP contribution in [0.4, 0.5) is 0 Å². The minimum atomic E-state index is -2.87. The fraction of sp³-hybridized carbons (Fsp3) is 1.00. The molecule has 0 rings (SSSR count). The molecule has 0 aromatic heterocycles. The van der Waals surface area contributed by atoms with E-state index < -0.39 is 8.25 Å². The summed E-state index contributed by atoms with van der Waals surface area (Å²) in [6.45, 7) is 18.1. The van der Waals surface area contributed by atoms with Crippen molar-refractivity contribution in [3.05, 3.63) is 0 Å². The SMILES string of the molecule is CC(C)CC(C)C.CC(C)CC(C)C.O=[P+](O)O. The van der Waals surface area contributed by atoms with Crippen LogP contribution in [0.25, 0.3) is 0 Å². The van der Waals surface area contributed by atoms with Gasteiger partial charge in [-0.3, -0.25) is 0 Å². The average Bonchev–Trinajstić information content (AvgIpc) is 1.96. The molecule has 0 heterocycles. The van der Waals surface area contributed by atoms with Crippen molar-refractivity contribution in [3.8, 4) is 0 Å². The summed E-state index contributed by atoms with van der Waals surface area (Å²) >= 11 is 0. The lowest BCUT2D eigenvalue weighted by molar-refractivity contribution is 0.405. The highest BCUT2D eigenvalue weighted by atomic mass is 31.1. The lowest BCUT2D eigenvalue weighted by Gasteiger charge is -2.05. The molecule has 0 aliphatic carbocycles. The van der Waals surface area contributed by atoms with Crippen molar-refractivity contribution in [2.75, 3.05) is 0 Å². The van der Waals surface area contributed by atoms with Gasteiger partial charge in [-0.1, -0.05) is 55.4 Å². The largest absolute Gasteiger partial charge is 0.692 e.